The molecule has 3 rings (SSSR count). The number of hydrogen-bond donors (Lipinski definition) is 2. The van der Waals surface area contributed by atoms with E-state index in [1.807, 2.05) is 18.5 Å². The molecule has 8 nitrogen and oxygen atoms in total. The molecule has 1 fully saturated rings. The lowest BCUT2D eigenvalue weighted by atomic mass is 10.1. The zero-order chi connectivity index (χ0) is 22.1. The highest BCUT2D eigenvalue weighted by atomic mass is 127. The lowest BCUT2D eigenvalue weighted by molar-refractivity contribution is 0.0376. The molecule has 0 aliphatic carbocycles. The molecule has 2 heterocycles. The van der Waals surface area contributed by atoms with Crippen molar-refractivity contribution in [2.45, 2.75) is 26.3 Å². The summed E-state index contributed by atoms with van der Waals surface area (Å²) in [4.78, 5) is 6.97. The van der Waals surface area contributed by atoms with Gasteiger partial charge in [0.05, 0.1) is 13.2 Å². The van der Waals surface area contributed by atoms with Gasteiger partial charge in [-0.25, -0.2) is 13.8 Å². The minimum atomic E-state index is -0.441. The number of ether oxygens (including phenoxy) is 1. The average Bonchev–Trinajstić information content (AvgIpc) is 3.09. The third kappa shape index (κ3) is 8.24. The Bertz CT molecular complexity index is 872. The molecule has 0 bridgehead atoms. The van der Waals surface area contributed by atoms with Gasteiger partial charge in [-0.1, -0.05) is 0 Å². The summed E-state index contributed by atoms with van der Waals surface area (Å²) in [6.45, 7) is 7.91. The van der Waals surface area contributed by atoms with Crippen LogP contribution in [0.25, 0.3) is 0 Å². The van der Waals surface area contributed by atoms with Crippen molar-refractivity contribution in [3.63, 3.8) is 0 Å². The van der Waals surface area contributed by atoms with Gasteiger partial charge in [-0.05, 0) is 50.1 Å². The molecular weight excluding hydrogens is 531 g/mol. The fraction of sp³-hybridized carbons (Fsp3) is 0.571. The average molecular weight is 563 g/mol. The molecule has 0 spiro atoms. The van der Waals surface area contributed by atoms with Crippen molar-refractivity contribution in [3.05, 3.63) is 47.0 Å². The third-order valence-electron chi connectivity index (χ3n) is 5.30. The fourth-order valence-electron chi connectivity index (χ4n) is 3.30. The van der Waals surface area contributed by atoms with Crippen LogP contribution in [0.15, 0.2) is 23.2 Å². The number of aromatic nitrogens is 3. The Morgan fingerprint density at radius 2 is 1.91 bits per heavy atom. The van der Waals surface area contributed by atoms with Crippen molar-refractivity contribution >= 4 is 29.9 Å². The number of hydrogen-bond acceptors (Lipinski definition) is 5. The Kier molecular flexibility index (Phi) is 11.2. The molecule has 0 radical (unpaired) electrons. The van der Waals surface area contributed by atoms with Crippen LogP contribution >= 0.6 is 24.0 Å². The van der Waals surface area contributed by atoms with Crippen LogP contribution in [-0.4, -0.2) is 71.6 Å². The molecule has 2 N–H and O–H groups in total. The summed E-state index contributed by atoms with van der Waals surface area (Å²) in [5.74, 6) is 1.33. The Labute approximate surface area is 204 Å². The molecule has 32 heavy (non-hydrogen) atoms. The smallest absolute Gasteiger partial charge is 0.191 e. The second-order valence-corrected chi connectivity index (χ2v) is 7.53. The minimum absolute atomic E-state index is 0. The van der Waals surface area contributed by atoms with Crippen molar-refractivity contribution in [1.82, 2.24) is 30.3 Å². The van der Waals surface area contributed by atoms with Crippen LogP contribution < -0.4 is 10.6 Å². The summed E-state index contributed by atoms with van der Waals surface area (Å²) in [7, 11) is 1.90. The monoisotopic (exact) mass is 563 g/mol. The zero-order valence-electron chi connectivity index (χ0n) is 18.6. The SMILES string of the molecule is Cc1nnc(CN=C(NCCCN2CCOCC2)NCCc2cc(F)ccc2F)n1C.I. The Morgan fingerprint density at radius 1 is 1.16 bits per heavy atom. The quantitative estimate of drug-likeness (QED) is 0.211. The summed E-state index contributed by atoms with van der Waals surface area (Å²) in [5, 5.41) is 14.7. The first-order valence-corrected chi connectivity index (χ1v) is 10.6. The Morgan fingerprint density at radius 3 is 2.62 bits per heavy atom. The molecule has 1 saturated heterocycles. The second kappa shape index (κ2) is 13.6. The normalized spacial score (nSPS) is 14.8. The van der Waals surface area contributed by atoms with Crippen molar-refractivity contribution in [2.24, 2.45) is 12.0 Å². The van der Waals surface area contributed by atoms with Crippen LogP contribution in [0.4, 0.5) is 8.78 Å². The van der Waals surface area contributed by atoms with Gasteiger partial charge in [0.15, 0.2) is 11.8 Å². The summed E-state index contributed by atoms with van der Waals surface area (Å²) in [6.07, 6.45) is 1.31. The van der Waals surface area contributed by atoms with Gasteiger partial charge in [0.25, 0.3) is 0 Å². The number of aliphatic imine (C=N–C) groups is 1. The van der Waals surface area contributed by atoms with Gasteiger partial charge in [0.1, 0.15) is 24.0 Å². The maximum absolute atomic E-state index is 13.9. The number of rotatable bonds is 9. The van der Waals surface area contributed by atoms with Crippen molar-refractivity contribution in [2.75, 3.05) is 45.9 Å². The number of guanidine groups is 1. The Balaban J connectivity index is 0.00000363. The molecule has 0 unspecified atom stereocenters. The van der Waals surface area contributed by atoms with E-state index in [0.29, 0.717) is 31.0 Å². The van der Waals surface area contributed by atoms with E-state index in [-0.39, 0.29) is 24.0 Å². The number of nitrogens with one attached hydrogen (secondary N) is 2. The predicted octanol–water partition coefficient (Wildman–Crippen LogP) is 2.02. The first-order chi connectivity index (χ1) is 15.0. The van der Waals surface area contributed by atoms with Crippen LogP contribution in [0.1, 0.15) is 23.6 Å². The standard InChI is InChI=1S/C21H31F2N7O.HI/c1-16-27-28-20(29(16)2)15-26-21(24-7-3-9-30-10-12-31-13-11-30)25-8-6-17-14-18(22)4-5-19(17)23;/h4-5,14H,3,6-13,15H2,1-2H3,(H2,24,25,26);1H. The van der Waals surface area contributed by atoms with E-state index in [4.69, 9.17) is 4.74 Å². The number of morpholine rings is 1. The fourth-order valence-corrected chi connectivity index (χ4v) is 3.30. The van der Waals surface area contributed by atoms with E-state index in [9.17, 15) is 8.78 Å². The minimum Gasteiger partial charge on any atom is -0.379 e. The predicted molar refractivity (Wildman–Crippen MR) is 130 cm³/mol. The van der Waals surface area contributed by atoms with E-state index in [1.165, 1.54) is 6.07 Å². The van der Waals surface area contributed by atoms with Gasteiger partial charge in [-0.2, -0.15) is 0 Å². The van der Waals surface area contributed by atoms with Gasteiger partial charge in [-0.3, -0.25) is 4.90 Å². The first kappa shape index (κ1) is 26.4. The van der Waals surface area contributed by atoms with Gasteiger partial charge < -0.3 is 19.9 Å². The first-order valence-electron chi connectivity index (χ1n) is 10.6. The summed E-state index contributed by atoms with van der Waals surface area (Å²) in [5.41, 5.74) is 0.336. The molecule has 1 aromatic carbocycles. The second-order valence-electron chi connectivity index (χ2n) is 7.53. The molecule has 178 valence electrons. The van der Waals surface area contributed by atoms with E-state index >= 15 is 0 Å². The van der Waals surface area contributed by atoms with E-state index < -0.39 is 11.6 Å². The lowest BCUT2D eigenvalue weighted by Crippen LogP contribution is -2.41. The van der Waals surface area contributed by atoms with Gasteiger partial charge in [0.2, 0.25) is 0 Å². The highest BCUT2D eigenvalue weighted by Gasteiger charge is 2.10. The van der Waals surface area contributed by atoms with Crippen molar-refractivity contribution in [1.29, 1.82) is 0 Å². The lowest BCUT2D eigenvalue weighted by Gasteiger charge is -2.26. The molecule has 1 aromatic heterocycles. The van der Waals surface area contributed by atoms with Crippen molar-refractivity contribution < 1.29 is 13.5 Å². The highest BCUT2D eigenvalue weighted by molar-refractivity contribution is 14.0. The van der Waals surface area contributed by atoms with E-state index in [2.05, 4.69) is 30.7 Å². The number of halogens is 3. The third-order valence-corrected chi connectivity index (χ3v) is 5.30. The summed E-state index contributed by atoms with van der Waals surface area (Å²) >= 11 is 0. The zero-order valence-corrected chi connectivity index (χ0v) is 20.9. The van der Waals surface area contributed by atoms with Crippen LogP contribution in [0, 0.1) is 18.6 Å². The molecule has 1 aliphatic heterocycles. The van der Waals surface area contributed by atoms with Crippen LogP contribution in [0.2, 0.25) is 0 Å². The van der Waals surface area contributed by atoms with Gasteiger partial charge >= 0.3 is 0 Å². The maximum atomic E-state index is 13.9. The summed E-state index contributed by atoms with van der Waals surface area (Å²) in [6, 6.07) is 3.50. The van der Waals surface area contributed by atoms with Crippen LogP contribution in [0.5, 0.6) is 0 Å². The number of aryl methyl sites for hydroxylation is 1. The summed E-state index contributed by atoms with van der Waals surface area (Å²) < 4.78 is 34.5. The number of benzene rings is 1. The molecule has 11 heteroatoms. The molecule has 0 amide bonds. The molecule has 1 aliphatic rings. The van der Waals surface area contributed by atoms with Crippen LogP contribution in [-0.2, 0) is 24.8 Å². The molecule has 2 aromatic rings. The molecular formula is C21H32F2IN7O. The highest BCUT2D eigenvalue weighted by Crippen LogP contribution is 2.09. The van der Waals surface area contributed by atoms with Gasteiger partial charge in [-0.15, -0.1) is 34.2 Å². The largest absolute Gasteiger partial charge is 0.379 e. The van der Waals surface area contributed by atoms with Crippen molar-refractivity contribution in [3.8, 4) is 0 Å². The molecule has 0 atom stereocenters. The van der Waals surface area contributed by atoms with E-state index in [1.54, 1.807) is 0 Å². The Hall–Kier alpha value is -1.86. The number of nitrogens with zero attached hydrogens (tertiary/aromatic N) is 5. The maximum Gasteiger partial charge on any atom is 0.191 e. The van der Waals surface area contributed by atoms with Crippen LogP contribution in [0.3, 0.4) is 0 Å². The van der Waals surface area contributed by atoms with Gasteiger partial charge in [0, 0.05) is 33.2 Å². The van der Waals surface area contributed by atoms with E-state index in [0.717, 1.165) is 69.6 Å². The molecule has 0 saturated carbocycles. The topological polar surface area (TPSA) is 79.6 Å².